The molecular formula is C17H23NO2. The van der Waals surface area contributed by atoms with Crippen LogP contribution in [0.3, 0.4) is 0 Å². The molecule has 0 heterocycles. The normalized spacial score (nSPS) is 21.4. The molecule has 3 rings (SSSR count). The highest BCUT2D eigenvalue weighted by molar-refractivity contribution is 5.81. The molecule has 1 fully saturated rings. The second-order valence-electron chi connectivity index (χ2n) is 6.36. The molecule has 1 saturated carbocycles. The predicted molar refractivity (Wildman–Crippen MR) is 78.4 cm³/mol. The lowest BCUT2D eigenvalue weighted by Crippen LogP contribution is -2.54. The number of amides is 1. The van der Waals surface area contributed by atoms with Gasteiger partial charge >= 0.3 is 0 Å². The van der Waals surface area contributed by atoms with Crippen molar-refractivity contribution in [3.63, 3.8) is 0 Å². The summed E-state index contributed by atoms with van der Waals surface area (Å²) in [5.41, 5.74) is 2.24. The highest BCUT2D eigenvalue weighted by Gasteiger charge is 2.36. The van der Waals surface area contributed by atoms with Crippen LogP contribution in [0.2, 0.25) is 0 Å². The summed E-state index contributed by atoms with van der Waals surface area (Å²) in [5.74, 6) is 0.162. The summed E-state index contributed by atoms with van der Waals surface area (Å²) in [6, 6.07) is 8.31. The van der Waals surface area contributed by atoms with Gasteiger partial charge < -0.3 is 10.4 Å². The number of carbonyl (C=O) groups is 1. The van der Waals surface area contributed by atoms with Gasteiger partial charge in [-0.05, 0) is 36.8 Å². The van der Waals surface area contributed by atoms with Gasteiger partial charge in [0, 0.05) is 5.92 Å². The molecule has 0 atom stereocenters. The van der Waals surface area contributed by atoms with E-state index in [-0.39, 0.29) is 24.0 Å². The Kier molecular flexibility index (Phi) is 3.79. The topological polar surface area (TPSA) is 49.3 Å². The Morgan fingerprint density at radius 3 is 2.30 bits per heavy atom. The van der Waals surface area contributed by atoms with Crippen molar-refractivity contribution < 1.29 is 9.90 Å². The molecule has 0 saturated heterocycles. The van der Waals surface area contributed by atoms with Crippen molar-refractivity contribution in [2.75, 3.05) is 6.61 Å². The van der Waals surface area contributed by atoms with Crippen LogP contribution in [0.4, 0.5) is 0 Å². The first kappa shape index (κ1) is 13.6. The summed E-state index contributed by atoms with van der Waals surface area (Å²) in [5, 5.41) is 12.9. The summed E-state index contributed by atoms with van der Waals surface area (Å²) in [6.07, 6.45) is 6.92. The van der Waals surface area contributed by atoms with Gasteiger partial charge in [-0.15, -0.1) is 0 Å². The van der Waals surface area contributed by atoms with Crippen LogP contribution < -0.4 is 5.32 Å². The molecule has 2 N–H and O–H groups in total. The zero-order chi connectivity index (χ0) is 14.0. The molecule has 2 aliphatic carbocycles. The van der Waals surface area contributed by atoms with Crippen molar-refractivity contribution in [2.24, 2.45) is 5.92 Å². The number of hydrogen-bond donors (Lipinski definition) is 2. The Bertz CT molecular complexity index is 467. The third kappa shape index (κ3) is 2.59. The minimum atomic E-state index is -0.357. The van der Waals surface area contributed by atoms with Crippen molar-refractivity contribution in [1.82, 2.24) is 5.32 Å². The summed E-state index contributed by atoms with van der Waals surface area (Å²) >= 11 is 0. The van der Waals surface area contributed by atoms with Crippen LogP contribution in [-0.4, -0.2) is 23.2 Å². The lowest BCUT2D eigenvalue weighted by Gasteiger charge is -2.37. The Balaban J connectivity index is 1.66. The van der Waals surface area contributed by atoms with E-state index in [2.05, 4.69) is 17.4 Å². The summed E-state index contributed by atoms with van der Waals surface area (Å²) in [7, 11) is 0. The maximum atomic E-state index is 12.5. The zero-order valence-electron chi connectivity index (χ0n) is 11.9. The minimum absolute atomic E-state index is 0.0396. The minimum Gasteiger partial charge on any atom is -0.394 e. The second kappa shape index (κ2) is 5.57. The number of nitrogens with one attached hydrogen (secondary N) is 1. The van der Waals surface area contributed by atoms with E-state index in [0.29, 0.717) is 0 Å². The first-order valence-corrected chi connectivity index (χ1v) is 7.72. The van der Waals surface area contributed by atoms with Gasteiger partial charge in [-0.25, -0.2) is 0 Å². The van der Waals surface area contributed by atoms with Gasteiger partial charge in [0.2, 0.25) is 5.91 Å². The van der Waals surface area contributed by atoms with E-state index in [0.717, 1.165) is 38.5 Å². The van der Waals surface area contributed by atoms with Crippen LogP contribution >= 0.6 is 0 Å². The molecule has 1 amide bonds. The molecule has 1 aromatic carbocycles. The van der Waals surface area contributed by atoms with Crippen molar-refractivity contribution in [2.45, 2.75) is 50.5 Å². The zero-order valence-corrected chi connectivity index (χ0v) is 11.9. The SMILES string of the molecule is O=C(NC1(CO)CCCCC1)C1Cc2ccccc2C1. The van der Waals surface area contributed by atoms with E-state index < -0.39 is 0 Å². The van der Waals surface area contributed by atoms with Gasteiger partial charge in [-0.3, -0.25) is 4.79 Å². The van der Waals surface area contributed by atoms with E-state index in [1.807, 2.05) is 12.1 Å². The lowest BCUT2D eigenvalue weighted by molar-refractivity contribution is -0.127. The van der Waals surface area contributed by atoms with Gasteiger partial charge in [0.25, 0.3) is 0 Å². The average molecular weight is 273 g/mol. The summed E-state index contributed by atoms with van der Waals surface area (Å²) < 4.78 is 0. The molecule has 0 radical (unpaired) electrons. The van der Waals surface area contributed by atoms with E-state index in [9.17, 15) is 9.90 Å². The Labute approximate surface area is 120 Å². The quantitative estimate of drug-likeness (QED) is 0.887. The number of carbonyl (C=O) groups excluding carboxylic acids is 1. The molecule has 3 nitrogen and oxygen atoms in total. The molecule has 108 valence electrons. The number of aliphatic hydroxyl groups is 1. The van der Waals surface area contributed by atoms with Gasteiger partial charge in [0.1, 0.15) is 0 Å². The molecule has 0 aromatic heterocycles. The van der Waals surface area contributed by atoms with E-state index in [4.69, 9.17) is 0 Å². The predicted octanol–water partition coefficient (Wildman–Crippen LogP) is 2.21. The number of rotatable bonds is 3. The molecule has 1 aromatic rings. The Morgan fingerprint density at radius 1 is 1.15 bits per heavy atom. The smallest absolute Gasteiger partial charge is 0.224 e. The highest BCUT2D eigenvalue weighted by atomic mass is 16.3. The third-order valence-electron chi connectivity index (χ3n) is 4.92. The summed E-state index contributed by atoms with van der Waals surface area (Å²) in [6.45, 7) is 0.0679. The van der Waals surface area contributed by atoms with E-state index in [1.54, 1.807) is 0 Å². The monoisotopic (exact) mass is 273 g/mol. The van der Waals surface area contributed by atoms with Gasteiger partial charge in [0.15, 0.2) is 0 Å². The fraction of sp³-hybridized carbons (Fsp3) is 0.588. The van der Waals surface area contributed by atoms with Gasteiger partial charge in [0.05, 0.1) is 12.1 Å². The van der Waals surface area contributed by atoms with Crippen molar-refractivity contribution in [3.05, 3.63) is 35.4 Å². The molecule has 3 heteroatoms. The number of hydrogen-bond acceptors (Lipinski definition) is 2. The molecule has 0 unspecified atom stereocenters. The highest BCUT2D eigenvalue weighted by Crippen LogP contribution is 2.30. The van der Waals surface area contributed by atoms with E-state index in [1.165, 1.54) is 17.5 Å². The Morgan fingerprint density at radius 2 is 1.75 bits per heavy atom. The van der Waals surface area contributed by atoms with Crippen molar-refractivity contribution in [3.8, 4) is 0 Å². The molecule has 20 heavy (non-hydrogen) atoms. The fourth-order valence-electron chi connectivity index (χ4n) is 3.66. The molecule has 2 aliphatic rings. The molecule has 0 bridgehead atoms. The van der Waals surface area contributed by atoms with Crippen molar-refractivity contribution in [1.29, 1.82) is 0 Å². The average Bonchev–Trinajstić information content (AvgIpc) is 2.92. The fourth-order valence-corrected chi connectivity index (χ4v) is 3.66. The maximum Gasteiger partial charge on any atom is 0.224 e. The van der Waals surface area contributed by atoms with Crippen LogP contribution in [0.15, 0.2) is 24.3 Å². The number of benzene rings is 1. The lowest BCUT2D eigenvalue weighted by atomic mass is 9.82. The molecular weight excluding hydrogens is 250 g/mol. The standard InChI is InChI=1S/C17H23NO2/c19-12-17(8-4-1-5-9-17)18-16(20)15-10-13-6-2-3-7-14(13)11-15/h2-3,6-7,15,19H,1,4-5,8-12H2,(H,18,20). The molecule has 0 spiro atoms. The number of fused-ring (bicyclic) bond motifs is 1. The van der Waals surface area contributed by atoms with Crippen molar-refractivity contribution >= 4 is 5.91 Å². The summed E-state index contributed by atoms with van der Waals surface area (Å²) in [4.78, 5) is 12.5. The number of aliphatic hydroxyl groups excluding tert-OH is 1. The van der Waals surface area contributed by atoms with Gasteiger partial charge in [-0.1, -0.05) is 43.5 Å². The van der Waals surface area contributed by atoms with Crippen LogP contribution in [0, 0.1) is 5.92 Å². The first-order valence-electron chi connectivity index (χ1n) is 7.72. The molecule has 0 aliphatic heterocycles. The van der Waals surface area contributed by atoms with Crippen LogP contribution in [-0.2, 0) is 17.6 Å². The second-order valence-corrected chi connectivity index (χ2v) is 6.36. The van der Waals surface area contributed by atoms with Gasteiger partial charge in [-0.2, -0.15) is 0 Å². The van der Waals surface area contributed by atoms with Crippen LogP contribution in [0.5, 0.6) is 0 Å². The largest absolute Gasteiger partial charge is 0.394 e. The van der Waals surface area contributed by atoms with Crippen LogP contribution in [0.1, 0.15) is 43.2 Å². The van der Waals surface area contributed by atoms with Crippen LogP contribution in [0.25, 0.3) is 0 Å². The first-order chi connectivity index (χ1) is 9.72. The maximum absolute atomic E-state index is 12.5. The third-order valence-corrected chi connectivity index (χ3v) is 4.92. The Hall–Kier alpha value is -1.35. The van der Waals surface area contributed by atoms with E-state index >= 15 is 0 Å².